The topological polar surface area (TPSA) is 76.1 Å². The number of piperidine rings is 1. The fraction of sp³-hybridized carbons (Fsp3) is 0.579. The smallest absolute Gasteiger partial charge is 0.411 e. The number of carbonyl (C=O) groups is 2. The maximum Gasteiger partial charge on any atom is 0.411 e. The summed E-state index contributed by atoms with van der Waals surface area (Å²) in [6, 6.07) is 7.62. The Morgan fingerprint density at radius 2 is 1.92 bits per heavy atom. The van der Waals surface area contributed by atoms with Gasteiger partial charge < -0.3 is 14.6 Å². The van der Waals surface area contributed by atoms with Crippen LogP contribution in [-0.2, 0) is 9.53 Å². The van der Waals surface area contributed by atoms with E-state index in [1.54, 1.807) is 34.8 Å². The predicted molar refractivity (Wildman–Crippen MR) is 93.9 cm³/mol. The van der Waals surface area contributed by atoms with Gasteiger partial charge in [0.15, 0.2) is 0 Å². The number of benzene rings is 1. The van der Waals surface area contributed by atoms with Crippen LogP contribution in [0.4, 0.5) is 4.79 Å². The van der Waals surface area contributed by atoms with Crippen LogP contribution in [0.2, 0.25) is 0 Å². The van der Waals surface area contributed by atoms with Crippen LogP contribution in [0.3, 0.4) is 0 Å². The molecule has 1 aliphatic rings. The first-order chi connectivity index (χ1) is 11.6. The molecule has 1 N–H and O–H groups in total. The number of para-hydroxylation sites is 1. The van der Waals surface area contributed by atoms with Crippen molar-refractivity contribution in [3.8, 4) is 5.75 Å². The molecule has 1 fully saturated rings. The first kappa shape index (κ1) is 19.1. The van der Waals surface area contributed by atoms with E-state index in [-0.39, 0.29) is 5.92 Å². The molecule has 2 unspecified atom stereocenters. The molecule has 0 bridgehead atoms. The monoisotopic (exact) mass is 349 g/mol. The van der Waals surface area contributed by atoms with Crippen LogP contribution in [0.1, 0.15) is 52.0 Å². The van der Waals surface area contributed by atoms with Crippen molar-refractivity contribution in [2.75, 3.05) is 13.7 Å². The summed E-state index contributed by atoms with van der Waals surface area (Å²) in [6.45, 7) is 7.21. The van der Waals surface area contributed by atoms with Crippen molar-refractivity contribution >= 4 is 12.1 Å². The zero-order valence-corrected chi connectivity index (χ0v) is 15.5. The summed E-state index contributed by atoms with van der Waals surface area (Å²) in [7, 11) is 1.60. The number of carboxylic acids is 1. The highest BCUT2D eigenvalue weighted by molar-refractivity contribution is 5.84. The Bertz CT molecular complexity index is 651. The molecule has 1 saturated heterocycles. The number of nitrogens with zero attached hydrogens (tertiary/aromatic N) is 1. The van der Waals surface area contributed by atoms with Gasteiger partial charge in [-0.3, -0.25) is 4.90 Å². The number of likely N-dealkylation sites (tertiary alicyclic amines) is 1. The molecule has 6 nitrogen and oxygen atoms in total. The lowest BCUT2D eigenvalue weighted by Crippen LogP contribution is -2.59. The number of methoxy groups -OCH3 is 1. The predicted octanol–water partition coefficient (Wildman–Crippen LogP) is 3.65. The molecule has 138 valence electrons. The van der Waals surface area contributed by atoms with Crippen molar-refractivity contribution in [2.45, 2.75) is 57.6 Å². The summed E-state index contributed by atoms with van der Waals surface area (Å²) in [5, 5.41) is 9.83. The summed E-state index contributed by atoms with van der Waals surface area (Å²) in [5.41, 5.74) is -1.02. The number of rotatable bonds is 3. The average Bonchev–Trinajstić information content (AvgIpc) is 2.52. The Kier molecular flexibility index (Phi) is 5.30. The fourth-order valence-electron chi connectivity index (χ4n) is 3.31. The van der Waals surface area contributed by atoms with Crippen molar-refractivity contribution < 1.29 is 24.2 Å². The molecule has 2 atom stereocenters. The molecule has 25 heavy (non-hydrogen) atoms. The normalized spacial score (nSPS) is 23.9. The summed E-state index contributed by atoms with van der Waals surface area (Å²) in [6.07, 6.45) is 0.376. The first-order valence-electron chi connectivity index (χ1n) is 8.45. The van der Waals surface area contributed by atoms with E-state index in [2.05, 4.69) is 0 Å². The van der Waals surface area contributed by atoms with Gasteiger partial charge in [0, 0.05) is 6.54 Å². The second-order valence-corrected chi connectivity index (χ2v) is 7.64. The zero-order valence-electron chi connectivity index (χ0n) is 15.5. The van der Waals surface area contributed by atoms with Crippen LogP contribution in [-0.4, -0.2) is 46.9 Å². The third-order valence-corrected chi connectivity index (χ3v) is 4.59. The van der Waals surface area contributed by atoms with Gasteiger partial charge in [-0.25, -0.2) is 9.59 Å². The van der Waals surface area contributed by atoms with E-state index in [4.69, 9.17) is 9.47 Å². The second-order valence-electron chi connectivity index (χ2n) is 7.64. The lowest BCUT2D eigenvalue weighted by molar-refractivity contribution is -0.152. The van der Waals surface area contributed by atoms with Gasteiger partial charge in [-0.05, 0) is 58.1 Å². The van der Waals surface area contributed by atoms with E-state index in [1.165, 1.54) is 4.90 Å². The van der Waals surface area contributed by atoms with Crippen LogP contribution in [0.25, 0.3) is 0 Å². The van der Waals surface area contributed by atoms with E-state index in [0.29, 0.717) is 19.4 Å². The molecule has 0 saturated carbocycles. The SMILES string of the molecule is COc1ccccc1C1CCN(C(=O)OC(C)(C)C)C(C)(C(=O)O)C1. The van der Waals surface area contributed by atoms with Gasteiger partial charge in [0.05, 0.1) is 7.11 Å². The third-order valence-electron chi connectivity index (χ3n) is 4.59. The molecule has 1 amide bonds. The lowest BCUT2D eigenvalue weighted by Gasteiger charge is -2.45. The molecule has 6 heteroatoms. The van der Waals surface area contributed by atoms with Gasteiger partial charge in [0.25, 0.3) is 0 Å². The molecule has 1 aromatic rings. The Hall–Kier alpha value is -2.24. The fourth-order valence-corrected chi connectivity index (χ4v) is 3.31. The van der Waals surface area contributed by atoms with Crippen LogP contribution < -0.4 is 4.74 Å². The Morgan fingerprint density at radius 3 is 2.48 bits per heavy atom. The highest BCUT2D eigenvalue weighted by atomic mass is 16.6. The number of carboxylic acid groups (broad SMARTS) is 1. The molecule has 0 radical (unpaired) electrons. The number of amides is 1. The van der Waals surface area contributed by atoms with E-state index in [9.17, 15) is 14.7 Å². The van der Waals surface area contributed by atoms with Gasteiger partial charge in [0.2, 0.25) is 0 Å². The number of hydrogen-bond donors (Lipinski definition) is 1. The van der Waals surface area contributed by atoms with E-state index in [1.807, 2.05) is 24.3 Å². The number of aliphatic carboxylic acids is 1. The molecule has 1 heterocycles. The van der Waals surface area contributed by atoms with Crippen molar-refractivity contribution in [3.05, 3.63) is 29.8 Å². The van der Waals surface area contributed by atoms with Gasteiger partial charge in [-0.15, -0.1) is 0 Å². The summed E-state index contributed by atoms with van der Waals surface area (Å²) in [5.74, 6) is -0.292. The van der Waals surface area contributed by atoms with Gasteiger partial charge in [-0.1, -0.05) is 18.2 Å². The quantitative estimate of drug-likeness (QED) is 0.901. The van der Waals surface area contributed by atoms with E-state index >= 15 is 0 Å². The summed E-state index contributed by atoms with van der Waals surface area (Å²) < 4.78 is 10.8. The van der Waals surface area contributed by atoms with E-state index in [0.717, 1.165) is 11.3 Å². The summed E-state index contributed by atoms with van der Waals surface area (Å²) >= 11 is 0. The van der Waals surface area contributed by atoms with Gasteiger partial charge in [0.1, 0.15) is 16.9 Å². The maximum atomic E-state index is 12.5. The molecule has 1 aliphatic heterocycles. The average molecular weight is 349 g/mol. The Labute approximate surface area is 148 Å². The van der Waals surface area contributed by atoms with Crippen molar-refractivity contribution in [1.29, 1.82) is 0 Å². The molecule has 2 rings (SSSR count). The van der Waals surface area contributed by atoms with Crippen LogP contribution in [0, 0.1) is 0 Å². The molecule has 0 spiro atoms. The highest BCUT2D eigenvalue weighted by Crippen LogP contribution is 2.41. The van der Waals surface area contributed by atoms with Gasteiger partial charge >= 0.3 is 12.1 Å². The van der Waals surface area contributed by atoms with E-state index < -0.39 is 23.2 Å². The molecule has 0 aliphatic carbocycles. The number of carbonyl (C=O) groups excluding carboxylic acids is 1. The largest absolute Gasteiger partial charge is 0.496 e. The third kappa shape index (κ3) is 4.06. The second kappa shape index (κ2) is 6.94. The molecule has 0 aromatic heterocycles. The van der Waals surface area contributed by atoms with Crippen molar-refractivity contribution in [2.24, 2.45) is 0 Å². The molecule has 1 aromatic carbocycles. The van der Waals surface area contributed by atoms with Crippen LogP contribution >= 0.6 is 0 Å². The summed E-state index contributed by atoms with van der Waals surface area (Å²) in [4.78, 5) is 25.9. The van der Waals surface area contributed by atoms with Crippen LogP contribution in [0.5, 0.6) is 5.75 Å². The zero-order chi connectivity index (χ0) is 18.8. The van der Waals surface area contributed by atoms with Crippen molar-refractivity contribution in [1.82, 2.24) is 4.90 Å². The first-order valence-corrected chi connectivity index (χ1v) is 8.45. The van der Waals surface area contributed by atoms with Crippen LogP contribution in [0.15, 0.2) is 24.3 Å². The number of hydrogen-bond acceptors (Lipinski definition) is 4. The highest BCUT2D eigenvalue weighted by Gasteiger charge is 2.49. The molecular formula is C19H27NO5. The minimum atomic E-state index is -1.33. The maximum absolute atomic E-state index is 12.5. The minimum absolute atomic E-state index is 0.00376. The molecular weight excluding hydrogens is 322 g/mol. The minimum Gasteiger partial charge on any atom is -0.496 e. The Balaban J connectivity index is 2.30. The van der Waals surface area contributed by atoms with Crippen molar-refractivity contribution in [3.63, 3.8) is 0 Å². The standard InChI is InChI=1S/C19H27NO5/c1-18(2,3)25-17(23)20-11-10-13(12-19(20,4)16(21)22)14-8-6-7-9-15(14)24-5/h6-9,13H,10-12H2,1-5H3,(H,21,22). The Morgan fingerprint density at radius 1 is 1.28 bits per heavy atom. The lowest BCUT2D eigenvalue weighted by atomic mass is 9.78. The number of ether oxygens (including phenoxy) is 2. The van der Waals surface area contributed by atoms with Gasteiger partial charge in [-0.2, -0.15) is 0 Å².